The van der Waals surface area contributed by atoms with E-state index >= 15 is 0 Å². The fourth-order valence-electron chi connectivity index (χ4n) is 4.88. The van der Waals surface area contributed by atoms with E-state index in [0.29, 0.717) is 48.6 Å². The molecule has 0 aliphatic heterocycles. The SMILES string of the molecule is CCCCCOC(=O)[C@H](C)N.CCCCCOC(=O)[C@H](C)NP(=O)(O)CO[C@H](C)Cn1cnc2c(N)ncnc21.C[C@H](Cn1cnc2c(N)ncnc21)OCP(=O)(O)O.Cl.[3H]F.[V]. The standard InChI is InChI=1S/C17H29N6O5P.C9H14N5O4P.C8H17NO2.ClH.FH.V/c1-4-5-6-7-27-17(24)13(3)22-29(25,26)11-28-12(2)8-23-10-21-14-15(18)19-9-20-16(14)23;1-6(18-5-19(15,16)17)2-14-4-13-7-8(10)11-3-12-9(7)14;1-3-4-5-6-11-8(10)7(2)9;;;/h9-10,12-13H,4-8,11H2,1-3H3,(H2,18,19,20)(H2,22,25,26);3-4,6H,2,5H2,1H3,(H2,10,11,12)(H2,15,16,17);7H,3-6,9H2,1-2H3;2*1H;/t12-,13+;6-;7-;;;/m110.../s1/i/hT. The number of anilines is 2. The Kier molecular flexibility index (Phi) is 29.0. The second-order valence-electron chi connectivity index (χ2n) is 13.6. The van der Waals surface area contributed by atoms with Crippen LogP contribution in [-0.2, 0) is 69.3 Å². The number of aromatic nitrogens is 8. The second-order valence-corrected chi connectivity index (χ2v) is 17.1. The van der Waals surface area contributed by atoms with Crippen LogP contribution in [0, 0.1) is 0 Å². The van der Waals surface area contributed by atoms with Gasteiger partial charge in [-0.1, -0.05) is 39.5 Å². The fraction of sp³-hybridized carbons (Fsp3) is 0.647. The number of nitrogens with two attached hydrogens (primary N) is 3. The van der Waals surface area contributed by atoms with E-state index in [1.807, 2.05) is 6.92 Å². The molecule has 5 atom stereocenters. The Morgan fingerprint density at radius 2 is 1.18 bits per heavy atom. The zero-order valence-corrected chi connectivity index (χ0v) is 39.7. The maximum atomic E-state index is 12.3. The molecular formula is C34H62ClFN12O11P2V. The number of rotatable bonds is 22. The molecular weight excluding hydrogens is 920 g/mol. The van der Waals surface area contributed by atoms with Gasteiger partial charge in [0.2, 0.25) is 0 Å². The van der Waals surface area contributed by atoms with Crippen molar-refractivity contribution in [3.8, 4) is 0 Å². The van der Waals surface area contributed by atoms with Crippen LogP contribution in [-0.4, -0.2) is 117 Å². The first kappa shape index (κ1) is 58.6. The number of carbonyl (C=O) groups is 2. The van der Waals surface area contributed by atoms with Crippen LogP contribution in [0.2, 0.25) is 0 Å². The number of unbranched alkanes of at least 4 members (excludes halogenated alkanes) is 4. The van der Waals surface area contributed by atoms with Crippen LogP contribution in [0.4, 0.5) is 16.4 Å². The van der Waals surface area contributed by atoms with Gasteiger partial charge in [0.15, 0.2) is 22.9 Å². The van der Waals surface area contributed by atoms with Crippen molar-refractivity contribution in [1.82, 2.24) is 44.1 Å². The van der Waals surface area contributed by atoms with E-state index in [1.165, 1.54) is 25.9 Å². The minimum Gasteiger partial charge on any atom is -0.465 e. The average Bonchev–Trinajstić information content (AvgIpc) is 3.82. The van der Waals surface area contributed by atoms with Crippen molar-refractivity contribution < 1.29 is 75.6 Å². The summed E-state index contributed by atoms with van der Waals surface area (Å²) in [6.07, 6.45) is 9.81. The first-order valence-corrected chi connectivity index (χ1v) is 22.7. The van der Waals surface area contributed by atoms with E-state index in [1.54, 1.807) is 36.2 Å². The molecule has 1 radical (unpaired) electrons. The summed E-state index contributed by atoms with van der Waals surface area (Å²) in [6, 6.07) is -1.40. The third kappa shape index (κ3) is 22.8. The van der Waals surface area contributed by atoms with Gasteiger partial charge in [-0.3, -0.25) is 23.4 Å². The molecule has 0 aliphatic carbocycles. The van der Waals surface area contributed by atoms with Crippen LogP contribution in [0.25, 0.3) is 22.3 Å². The molecule has 23 nitrogen and oxygen atoms in total. The summed E-state index contributed by atoms with van der Waals surface area (Å²) < 4.78 is 60.0. The summed E-state index contributed by atoms with van der Waals surface area (Å²) >= 11 is 0. The third-order valence-corrected chi connectivity index (χ3v) is 9.71. The molecule has 0 aromatic carbocycles. The number of esters is 2. The molecule has 0 bridgehead atoms. The summed E-state index contributed by atoms with van der Waals surface area (Å²) in [6.45, 7) is 12.2. The molecule has 4 heterocycles. The Hall–Kier alpha value is -3.38. The van der Waals surface area contributed by atoms with Crippen LogP contribution in [0.3, 0.4) is 0 Å². The van der Waals surface area contributed by atoms with Crippen LogP contribution in [0.1, 0.15) is 80.1 Å². The molecule has 0 fully saturated rings. The van der Waals surface area contributed by atoms with E-state index < -0.39 is 58.1 Å². The number of nitrogens with zero attached hydrogens (tertiary/aromatic N) is 8. The quantitative estimate of drug-likeness (QED) is 0.0337. The van der Waals surface area contributed by atoms with Crippen molar-refractivity contribution in [2.75, 3.05) is 37.4 Å². The zero-order valence-electron chi connectivity index (χ0n) is 36.6. The molecule has 28 heteroatoms. The van der Waals surface area contributed by atoms with Crippen LogP contribution in [0.5, 0.6) is 0 Å². The Balaban J connectivity index is 0. The summed E-state index contributed by atoms with van der Waals surface area (Å²) in [5.41, 5.74) is 18.8. The molecule has 0 saturated carbocycles. The Morgan fingerprint density at radius 3 is 1.58 bits per heavy atom. The van der Waals surface area contributed by atoms with Crippen LogP contribution in [0.15, 0.2) is 25.3 Å². The predicted octanol–water partition coefficient (Wildman–Crippen LogP) is 3.26. The Labute approximate surface area is 379 Å². The number of nitrogen functional groups attached to an aromatic ring is 2. The first-order valence-electron chi connectivity index (χ1n) is 19.4. The summed E-state index contributed by atoms with van der Waals surface area (Å²) in [7, 11) is -8.05. The predicted molar refractivity (Wildman–Crippen MR) is 229 cm³/mol. The molecule has 0 spiro atoms. The summed E-state index contributed by atoms with van der Waals surface area (Å²) in [4.78, 5) is 74.4. The number of carbonyl (C=O) groups excluding carboxylic acids is 2. The maximum absolute atomic E-state index is 12.3. The monoisotopic (exact) mass is 983 g/mol. The molecule has 0 saturated heterocycles. The number of nitrogens with one attached hydrogen (secondary N) is 1. The molecule has 62 heavy (non-hydrogen) atoms. The van der Waals surface area contributed by atoms with Gasteiger partial charge in [-0.25, -0.2) is 35.0 Å². The van der Waals surface area contributed by atoms with E-state index in [9.17, 15) is 23.6 Å². The average molecular weight is 984 g/mol. The van der Waals surface area contributed by atoms with Crippen molar-refractivity contribution in [2.24, 2.45) is 5.73 Å². The molecule has 4 aromatic heterocycles. The van der Waals surface area contributed by atoms with E-state index in [4.69, 9.17) is 50.7 Å². The van der Waals surface area contributed by atoms with Crippen LogP contribution < -0.4 is 22.3 Å². The molecule has 0 aliphatic rings. The molecule has 4 rings (SSSR count). The van der Waals surface area contributed by atoms with Gasteiger partial charge in [0.25, 0.3) is 8.97 Å². The van der Waals surface area contributed by atoms with Gasteiger partial charge in [-0.15, -0.1) is 12.4 Å². The summed E-state index contributed by atoms with van der Waals surface area (Å²) in [5, 5.41) is 2.40. The number of hydrogen-bond donors (Lipinski definition) is 7. The normalized spacial score (nSPS) is 14.0. The van der Waals surface area contributed by atoms with Crippen molar-refractivity contribution in [3.63, 3.8) is 0 Å². The zero-order chi connectivity index (χ0) is 46.2. The fourth-order valence-corrected chi connectivity index (χ4v) is 6.57. The first-order chi connectivity index (χ1) is 28.8. The number of halogens is 2. The van der Waals surface area contributed by atoms with Crippen LogP contribution >= 0.6 is 27.5 Å². The Morgan fingerprint density at radius 1 is 0.758 bits per heavy atom. The second kappa shape index (κ2) is 30.7. The van der Waals surface area contributed by atoms with Crippen molar-refractivity contribution >= 4 is 73.4 Å². The molecule has 353 valence electrons. The third-order valence-electron chi connectivity index (χ3n) is 7.93. The van der Waals surface area contributed by atoms with Crippen molar-refractivity contribution in [2.45, 2.75) is 117 Å². The molecule has 4 aromatic rings. The number of ether oxygens (including phenoxy) is 4. The minimum atomic E-state index is -4.16. The number of hydrogen-bond acceptors (Lipinski definition) is 17. The van der Waals surface area contributed by atoms with Gasteiger partial charge in [0.1, 0.15) is 48.5 Å². The van der Waals surface area contributed by atoms with Crippen molar-refractivity contribution in [1.29, 1.82) is 1.45 Å². The van der Waals surface area contributed by atoms with Gasteiger partial charge in [0.05, 0.1) is 51.2 Å². The van der Waals surface area contributed by atoms with Crippen molar-refractivity contribution in [3.05, 3.63) is 25.3 Å². The molecule has 10 N–H and O–H groups in total. The van der Waals surface area contributed by atoms with E-state index in [-0.39, 0.29) is 48.6 Å². The van der Waals surface area contributed by atoms with Gasteiger partial charge in [0, 0.05) is 18.6 Å². The van der Waals surface area contributed by atoms with E-state index in [0.717, 1.165) is 38.5 Å². The Bertz CT molecular complexity index is 2010. The van der Waals surface area contributed by atoms with Gasteiger partial charge < -0.3 is 60.0 Å². The van der Waals surface area contributed by atoms with Gasteiger partial charge >= 0.3 is 19.5 Å². The summed E-state index contributed by atoms with van der Waals surface area (Å²) in [5.74, 6) is -0.304. The smallest absolute Gasteiger partial charge is 0.350 e. The minimum absolute atomic E-state index is 0. The molecule has 0 amide bonds. The molecule has 1 unspecified atom stereocenters. The maximum Gasteiger partial charge on any atom is 0.350 e. The van der Waals surface area contributed by atoms with Gasteiger partial charge in [-0.05, 0) is 40.5 Å². The van der Waals surface area contributed by atoms with E-state index in [2.05, 4.69) is 43.4 Å². The number of imidazole rings is 2. The largest absolute Gasteiger partial charge is 0.465 e. The number of fused-ring (bicyclic) bond motifs is 2. The van der Waals surface area contributed by atoms with Gasteiger partial charge in [-0.2, -0.15) is 0 Å². The topological polar surface area (TPSA) is 343 Å².